The van der Waals surface area contributed by atoms with Crippen molar-refractivity contribution < 1.29 is 19.1 Å². The Hall–Kier alpha value is -2.39. The number of urea groups is 1. The Morgan fingerprint density at radius 3 is 2.73 bits per heavy atom. The van der Waals surface area contributed by atoms with Crippen LogP contribution in [0.3, 0.4) is 0 Å². The van der Waals surface area contributed by atoms with Crippen molar-refractivity contribution in [3.8, 4) is 0 Å². The van der Waals surface area contributed by atoms with Crippen molar-refractivity contribution in [3.05, 3.63) is 34.4 Å². The molecule has 1 aromatic rings. The molecule has 1 aromatic heterocycles. The third kappa shape index (κ3) is 4.57. The number of rotatable bonds is 5. The average molecular weight is 555 g/mol. The third-order valence-electron chi connectivity index (χ3n) is 12.2. The lowest BCUT2D eigenvalue weighted by atomic mass is 9.43. The Labute approximate surface area is 236 Å². The number of fused-ring (bicyclic) bond motifs is 5. The molecule has 0 radical (unpaired) electrons. The van der Waals surface area contributed by atoms with Crippen LogP contribution in [-0.2, 0) is 4.79 Å². The molecule has 0 aromatic carbocycles. The summed E-state index contributed by atoms with van der Waals surface area (Å²) in [5.74, 6) is 1.61. The molecule has 4 saturated carbocycles. The van der Waals surface area contributed by atoms with Gasteiger partial charge in [0.05, 0.1) is 18.4 Å². The first-order chi connectivity index (χ1) is 19.1. The van der Waals surface area contributed by atoms with Crippen molar-refractivity contribution in [2.75, 3.05) is 32.7 Å². The van der Waals surface area contributed by atoms with Crippen molar-refractivity contribution >= 4 is 11.9 Å². The molecule has 1 aliphatic heterocycles. The van der Waals surface area contributed by atoms with Crippen LogP contribution in [0.2, 0.25) is 0 Å². The van der Waals surface area contributed by atoms with Gasteiger partial charge in [0.25, 0.3) is 0 Å². The van der Waals surface area contributed by atoms with Gasteiger partial charge in [0, 0.05) is 43.7 Å². The zero-order chi connectivity index (χ0) is 28.1. The predicted octanol–water partition coefficient (Wildman–Crippen LogP) is 2.98. The molecular weight excluding hydrogens is 508 g/mol. The summed E-state index contributed by atoms with van der Waals surface area (Å²) in [4.78, 5) is 38.0. The first-order valence-electron chi connectivity index (χ1n) is 15.5. The lowest BCUT2D eigenvalue weighted by molar-refractivity contribution is -0.201. The molecule has 8 atom stereocenters. The molecule has 9 heteroatoms. The number of hydrogen-bond donors (Lipinski definition) is 4. The number of nitrogens with zero attached hydrogens (tertiary/aromatic N) is 1. The van der Waals surface area contributed by atoms with Crippen molar-refractivity contribution in [3.63, 3.8) is 0 Å². The van der Waals surface area contributed by atoms with E-state index in [4.69, 9.17) is 4.42 Å². The van der Waals surface area contributed by atoms with Crippen LogP contribution in [-0.4, -0.2) is 66.3 Å². The molecule has 5 aliphatic rings. The lowest BCUT2D eigenvalue weighted by Gasteiger charge is -2.63. The molecule has 4 N–H and O–H groups in total. The summed E-state index contributed by atoms with van der Waals surface area (Å²) in [5, 5.41) is 21.7. The van der Waals surface area contributed by atoms with Gasteiger partial charge in [-0.1, -0.05) is 13.8 Å². The van der Waals surface area contributed by atoms with Crippen LogP contribution in [0.25, 0.3) is 0 Å². The minimum Gasteiger partial charge on any atom is -0.431 e. The smallest absolute Gasteiger partial charge is 0.335 e. The maximum Gasteiger partial charge on any atom is 0.335 e. The van der Waals surface area contributed by atoms with E-state index < -0.39 is 5.60 Å². The molecule has 0 unspecified atom stereocenters. The van der Waals surface area contributed by atoms with E-state index in [-0.39, 0.29) is 46.3 Å². The predicted molar refractivity (Wildman–Crippen MR) is 151 cm³/mol. The Balaban J connectivity index is 1.07. The monoisotopic (exact) mass is 554 g/mol. The van der Waals surface area contributed by atoms with Gasteiger partial charge in [-0.25, -0.2) is 9.59 Å². The molecule has 0 bridgehead atoms. The number of hydrogen-bond acceptors (Lipinski definition) is 6. The molecule has 5 fully saturated rings. The molecule has 9 nitrogen and oxygen atoms in total. The minimum atomic E-state index is -0.703. The number of aliphatic hydroxyl groups is 1. The normalized spacial score (nSPS) is 41.0. The van der Waals surface area contributed by atoms with Gasteiger partial charge >= 0.3 is 11.7 Å². The molecule has 40 heavy (non-hydrogen) atoms. The fourth-order valence-corrected chi connectivity index (χ4v) is 9.88. The molecule has 2 heterocycles. The van der Waals surface area contributed by atoms with E-state index in [2.05, 4.69) is 29.8 Å². The maximum atomic E-state index is 12.7. The van der Waals surface area contributed by atoms with Gasteiger partial charge in [0.15, 0.2) is 0 Å². The molecule has 220 valence electrons. The van der Waals surface area contributed by atoms with Gasteiger partial charge in [-0.05, 0) is 98.5 Å². The van der Waals surface area contributed by atoms with Crippen LogP contribution in [0, 0.1) is 28.6 Å². The highest BCUT2D eigenvalue weighted by molar-refractivity contribution is 5.79. The van der Waals surface area contributed by atoms with Crippen LogP contribution in [0.15, 0.2) is 27.6 Å². The summed E-state index contributed by atoms with van der Waals surface area (Å²) < 4.78 is 5.22. The highest BCUT2D eigenvalue weighted by Crippen LogP contribution is 2.70. The van der Waals surface area contributed by atoms with E-state index in [0.29, 0.717) is 38.0 Å². The Morgan fingerprint density at radius 1 is 1.10 bits per heavy atom. The van der Waals surface area contributed by atoms with E-state index in [1.165, 1.54) is 6.07 Å². The number of amides is 3. The minimum absolute atomic E-state index is 0.0878. The molecule has 4 aliphatic carbocycles. The molecule has 6 rings (SSSR count). The zero-order valence-corrected chi connectivity index (χ0v) is 24.0. The van der Waals surface area contributed by atoms with Crippen molar-refractivity contribution in [1.29, 1.82) is 0 Å². The summed E-state index contributed by atoms with van der Waals surface area (Å²) in [7, 11) is 0. The molecule has 1 saturated heterocycles. The Kier molecular flexibility index (Phi) is 7.26. The van der Waals surface area contributed by atoms with E-state index in [1.54, 1.807) is 11.2 Å². The summed E-state index contributed by atoms with van der Waals surface area (Å²) >= 11 is 0. The highest BCUT2D eigenvalue weighted by Gasteiger charge is 2.67. The van der Waals surface area contributed by atoms with Crippen LogP contribution in [0.4, 0.5) is 4.79 Å². The van der Waals surface area contributed by atoms with Gasteiger partial charge in [-0.2, -0.15) is 0 Å². The zero-order valence-electron chi connectivity index (χ0n) is 24.0. The molecule has 0 spiro atoms. The first kappa shape index (κ1) is 27.8. The number of carbonyl (C=O) groups excluding carboxylic acids is 2. The standard InChI is InChI=1S/C31H46N4O5/c1-29-10-7-22(34-28(38)33-14-16-35-15-13-32-18-26(35)36)17-21(29)4-5-25-24(29)8-11-30(2)23(9-12-31(25,30)39)20-3-6-27(37)40-19-20/h3,6,19,21-25,32,39H,4-5,7-18H2,1-2H3,(H2,33,34,38)/t21-,22+,23-,24+,25-,29+,30-,31+/m1/s1. The van der Waals surface area contributed by atoms with Crippen LogP contribution >= 0.6 is 0 Å². The van der Waals surface area contributed by atoms with E-state index in [1.807, 2.05) is 6.07 Å². The SMILES string of the molecule is C[C@]12CC[C@H](NC(=O)NCCN3CCNCC3=O)C[C@H]1CC[C@@H]1[C@@H]2CC[C@]2(C)[C@@H](c3ccc(=O)oc3)CC[C@]12O. The number of carbonyl (C=O) groups is 2. The topological polar surface area (TPSA) is 124 Å². The number of piperazine rings is 1. The van der Waals surface area contributed by atoms with Crippen molar-refractivity contribution in [1.82, 2.24) is 20.9 Å². The average Bonchev–Trinajstić information content (AvgIpc) is 3.21. The van der Waals surface area contributed by atoms with E-state index in [9.17, 15) is 19.5 Å². The fourth-order valence-electron chi connectivity index (χ4n) is 9.88. The lowest BCUT2D eigenvalue weighted by Crippen LogP contribution is -2.62. The summed E-state index contributed by atoms with van der Waals surface area (Å²) in [6.45, 7) is 7.60. The second-order valence-corrected chi connectivity index (χ2v) is 13.8. The van der Waals surface area contributed by atoms with Crippen molar-refractivity contribution in [2.24, 2.45) is 28.6 Å². The van der Waals surface area contributed by atoms with Crippen LogP contribution in [0.1, 0.15) is 83.1 Å². The largest absolute Gasteiger partial charge is 0.431 e. The van der Waals surface area contributed by atoms with E-state index >= 15 is 0 Å². The van der Waals surface area contributed by atoms with Crippen molar-refractivity contribution in [2.45, 2.75) is 89.2 Å². The quantitative estimate of drug-likeness (QED) is 0.444. The van der Waals surface area contributed by atoms with Gasteiger partial charge in [-0.15, -0.1) is 0 Å². The fraction of sp³-hybridized carbons (Fsp3) is 0.774. The molecule has 3 amide bonds. The first-order valence-corrected chi connectivity index (χ1v) is 15.5. The van der Waals surface area contributed by atoms with Crippen LogP contribution in [0.5, 0.6) is 0 Å². The number of nitrogens with one attached hydrogen (secondary N) is 3. The van der Waals surface area contributed by atoms with Gasteiger partial charge in [0.2, 0.25) is 5.91 Å². The summed E-state index contributed by atoms with van der Waals surface area (Å²) in [6.07, 6.45) is 10.6. The van der Waals surface area contributed by atoms with Gasteiger partial charge in [-0.3, -0.25) is 4.79 Å². The van der Waals surface area contributed by atoms with E-state index in [0.717, 1.165) is 69.9 Å². The maximum absolute atomic E-state index is 12.7. The second-order valence-electron chi connectivity index (χ2n) is 13.8. The van der Waals surface area contributed by atoms with Crippen LogP contribution < -0.4 is 21.6 Å². The Bertz CT molecular complexity index is 1170. The Morgan fingerprint density at radius 2 is 1.95 bits per heavy atom. The van der Waals surface area contributed by atoms with Gasteiger partial charge in [0.1, 0.15) is 0 Å². The summed E-state index contributed by atoms with van der Waals surface area (Å²) in [6, 6.07) is 3.43. The van der Waals surface area contributed by atoms with Gasteiger partial charge < -0.3 is 30.4 Å². The highest BCUT2D eigenvalue weighted by atomic mass is 16.4. The third-order valence-corrected chi connectivity index (χ3v) is 12.2. The summed E-state index contributed by atoms with van der Waals surface area (Å²) in [5.41, 5.74) is -0.0312. The second kappa shape index (κ2) is 10.5. The molecular formula is C31H46N4O5.